The van der Waals surface area contributed by atoms with Crippen molar-refractivity contribution in [3.63, 3.8) is 0 Å². The summed E-state index contributed by atoms with van der Waals surface area (Å²) in [7, 11) is 1.43. The molecule has 2 unspecified atom stereocenters. The Kier molecular flexibility index (Phi) is 7.77. The molecule has 0 amide bonds. The van der Waals surface area contributed by atoms with Gasteiger partial charge >= 0.3 is 5.97 Å². The number of methoxy groups -OCH3 is 1. The third-order valence-corrected chi connectivity index (χ3v) is 7.28. The highest BCUT2D eigenvalue weighted by atomic mass is 16.6. The zero-order valence-electron chi connectivity index (χ0n) is 18.5. The van der Waals surface area contributed by atoms with E-state index in [4.69, 9.17) is 14.2 Å². The van der Waals surface area contributed by atoms with Crippen LogP contribution in [0, 0.1) is 29.6 Å². The van der Waals surface area contributed by atoms with E-state index >= 15 is 0 Å². The first-order chi connectivity index (χ1) is 14.3. The highest BCUT2D eigenvalue weighted by molar-refractivity contribution is 5.90. The van der Waals surface area contributed by atoms with Crippen LogP contribution in [0.4, 0.5) is 0 Å². The van der Waals surface area contributed by atoms with Gasteiger partial charge in [0.25, 0.3) is 0 Å². The molecule has 1 saturated carbocycles. The maximum absolute atomic E-state index is 12.9. The van der Waals surface area contributed by atoms with Crippen LogP contribution in [0.2, 0.25) is 0 Å². The Balaban J connectivity index is 1.63. The van der Waals surface area contributed by atoms with Gasteiger partial charge in [0, 0.05) is 0 Å². The van der Waals surface area contributed by atoms with Crippen molar-refractivity contribution in [3.05, 3.63) is 29.3 Å². The lowest BCUT2D eigenvalue weighted by atomic mass is 9.62. The van der Waals surface area contributed by atoms with E-state index in [2.05, 4.69) is 13.8 Å². The maximum Gasteiger partial charge on any atom is 0.339 e. The molecule has 1 aliphatic heterocycles. The Labute approximate surface area is 179 Å². The molecule has 0 radical (unpaired) electrons. The minimum Gasteiger partial charge on any atom is -0.831 e. The first-order valence-corrected chi connectivity index (χ1v) is 11.1. The lowest BCUT2D eigenvalue weighted by Gasteiger charge is -2.46. The fourth-order valence-corrected chi connectivity index (χ4v) is 5.34. The van der Waals surface area contributed by atoms with Gasteiger partial charge in [0.15, 0.2) is 0 Å². The number of hydrogen-bond donors (Lipinski definition) is 1. The Bertz CT molecular complexity index is 720. The fourth-order valence-electron chi connectivity index (χ4n) is 5.34. The summed E-state index contributed by atoms with van der Waals surface area (Å²) in [4.78, 5) is 11.2. The molecule has 0 bridgehead atoms. The monoisotopic (exact) mass is 419 g/mol. The van der Waals surface area contributed by atoms with Crippen molar-refractivity contribution < 1.29 is 29.2 Å². The quantitative estimate of drug-likeness (QED) is 0.678. The van der Waals surface area contributed by atoms with Gasteiger partial charge in [0.1, 0.15) is 11.3 Å². The van der Waals surface area contributed by atoms with Crippen molar-refractivity contribution in [1.82, 2.24) is 0 Å². The van der Waals surface area contributed by atoms with Crippen LogP contribution in [0.5, 0.6) is 5.75 Å². The van der Waals surface area contributed by atoms with E-state index in [1.54, 1.807) is 12.1 Å². The van der Waals surface area contributed by atoms with E-state index in [1.807, 2.05) is 6.92 Å². The largest absolute Gasteiger partial charge is 0.831 e. The Morgan fingerprint density at radius 2 is 2.00 bits per heavy atom. The van der Waals surface area contributed by atoms with Gasteiger partial charge in [-0.05, 0) is 79.8 Å². The molecule has 1 aromatic carbocycles. The normalized spacial score (nSPS) is 31.3. The van der Waals surface area contributed by atoms with Crippen LogP contribution in [-0.4, -0.2) is 37.2 Å². The van der Waals surface area contributed by atoms with Crippen LogP contribution in [0.3, 0.4) is 0 Å². The Hall–Kier alpha value is -1.63. The topological polar surface area (TPSA) is 88.0 Å². The second kappa shape index (κ2) is 10.1. The van der Waals surface area contributed by atoms with E-state index in [1.165, 1.54) is 19.6 Å². The van der Waals surface area contributed by atoms with Crippen molar-refractivity contribution in [2.75, 3.05) is 13.7 Å². The van der Waals surface area contributed by atoms with Crippen LogP contribution in [0.25, 0.3) is 0 Å². The minimum atomic E-state index is -1.13. The number of aromatic carboxylic acids is 1. The van der Waals surface area contributed by atoms with Crippen molar-refractivity contribution in [1.29, 1.82) is 0 Å². The molecule has 1 N–H and O–H groups in total. The molecule has 168 valence electrons. The van der Waals surface area contributed by atoms with Crippen molar-refractivity contribution in [3.8, 4) is 5.75 Å². The molecule has 0 aromatic heterocycles. The summed E-state index contributed by atoms with van der Waals surface area (Å²) in [5.41, 5.74) is 0.824. The summed E-state index contributed by atoms with van der Waals surface area (Å²) in [5.74, 6) is 1.15. The van der Waals surface area contributed by atoms with E-state index in [0.717, 1.165) is 31.4 Å². The van der Waals surface area contributed by atoms with Crippen molar-refractivity contribution in [2.45, 2.75) is 65.5 Å². The smallest absolute Gasteiger partial charge is 0.339 e. The molecule has 3 rings (SSSR count). The van der Waals surface area contributed by atoms with Crippen LogP contribution in [-0.2, 0) is 16.1 Å². The summed E-state index contributed by atoms with van der Waals surface area (Å²) >= 11 is 0. The maximum atomic E-state index is 12.9. The molecule has 2 fully saturated rings. The van der Waals surface area contributed by atoms with E-state index in [9.17, 15) is 15.0 Å². The predicted octanol–water partition coefficient (Wildman–Crippen LogP) is 3.71. The third kappa shape index (κ3) is 5.16. The zero-order chi connectivity index (χ0) is 21.8. The van der Waals surface area contributed by atoms with Gasteiger partial charge in [-0.3, -0.25) is 0 Å². The van der Waals surface area contributed by atoms with Gasteiger partial charge in [-0.2, -0.15) is 0 Å². The molecule has 0 spiro atoms. The molecular formula is C24H35O6-. The second-order valence-corrected chi connectivity index (χ2v) is 9.15. The Morgan fingerprint density at radius 3 is 2.70 bits per heavy atom. The SMILES string of the molecule is COc1cc(CO[C@@H]([O-])[C@H](C)[C@@H]2CC[C@@H](C)[C@@H]3CCC(C)OCC23)ccc1C(=O)O. The number of carboxylic acids is 1. The molecule has 1 heterocycles. The van der Waals surface area contributed by atoms with Gasteiger partial charge in [-0.25, -0.2) is 4.79 Å². The van der Waals surface area contributed by atoms with Crippen LogP contribution >= 0.6 is 0 Å². The van der Waals surface area contributed by atoms with E-state index < -0.39 is 12.3 Å². The molecule has 30 heavy (non-hydrogen) atoms. The second-order valence-electron chi connectivity index (χ2n) is 9.15. The van der Waals surface area contributed by atoms with Crippen LogP contribution in [0.1, 0.15) is 62.4 Å². The van der Waals surface area contributed by atoms with E-state index in [-0.39, 0.29) is 23.8 Å². The highest BCUT2D eigenvalue weighted by Crippen LogP contribution is 2.46. The Morgan fingerprint density at radius 1 is 1.23 bits per heavy atom. The molecule has 6 heteroatoms. The summed E-state index contributed by atoms with van der Waals surface area (Å²) in [5, 5.41) is 22.1. The number of hydrogen-bond acceptors (Lipinski definition) is 5. The van der Waals surface area contributed by atoms with Gasteiger partial charge in [0.2, 0.25) is 0 Å². The average Bonchev–Trinajstić information content (AvgIpc) is 2.94. The molecule has 7 atom stereocenters. The average molecular weight is 420 g/mol. The van der Waals surface area contributed by atoms with Crippen molar-refractivity contribution in [2.24, 2.45) is 29.6 Å². The van der Waals surface area contributed by atoms with Crippen LogP contribution < -0.4 is 9.84 Å². The van der Waals surface area contributed by atoms with Gasteiger partial charge < -0.3 is 24.4 Å². The molecule has 1 saturated heterocycles. The van der Waals surface area contributed by atoms with Gasteiger partial charge in [-0.15, -0.1) is 0 Å². The number of carbonyl (C=O) groups is 1. The minimum absolute atomic E-state index is 0.0956. The lowest BCUT2D eigenvalue weighted by Crippen LogP contribution is -2.46. The molecule has 1 aliphatic carbocycles. The summed E-state index contributed by atoms with van der Waals surface area (Å²) in [6.07, 6.45) is 3.64. The summed E-state index contributed by atoms with van der Waals surface area (Å²) in [6, 6.07) is 4.78. The summed E-state index contributed by atoms with van der Waals surface area (Å²) < 4.78 is 16.9. The first kappa shape index (κ1) is 23.0. The molecule has 6 nitrogen and oxygen atoms in total. The van der Waals surface area contributed by atoms with Gasteiger partial charge in [-0.1, -0.05) is 26.3 Å². The fraction of sp³-hybridized carbons (Fsp3) is 0.708. The lowest BCUT2D eigenvalue weighted by molar-refractivity contribution is -0.510. The number of carboxylic acid groups (broad SMARTS) is 1. The van der Waals surface area contributed by atoms with Crippen molar-refractivity contribution >= 4 is 5.97 Å². The number of benzene rings is 1. The van der Waals surface area contributed by atoms with E-state index in [0.29, 0.717) is 29.8 Å². The van der Waals surface area contributed by atoms with Crippen LogP contribution in [0.15, 0.2) is 18.2 Å². The molecule has 2 aliphatic rings. The predicted molar refractivity (Wildman–Crippen MR) is 111 cm³/mol. The molecule has 1 aromatic rings. The zero-order valence-corrected chi connectivity index (χ0v) is 18.5. The number of rotatable bonds is 7. The molecular weight excluding hydrogens is 384 g/mol. The standard InChI is InChI=1S/C24H35O6/c1-14-5-8-19(21-13-29-15(2)6-9-18(14)21)16(3)24(27)30-12-17-7-10-20(23(25)26)22(11-17)28-4/h7,10-11,14-16,18-19,21,24H,5-6,8-9,12-13H2,1-4H3,(H,25,26)/q-1/t14-,15?,16-,18+,19+,21?,24-/m1/s1. The number of fused-ring (bicyclic) bond motifs is 1. The number of ether oxygens (including phenoxy) is 3. The van der Waals surface area contributed by atoms with Gasteiger partial charge in [0.05, 0.1) is 26.4 Å². The highest BCUT2D eigenvalue weighted by Gasteiger charge is 2.41. The first-order valence-electron chi connectivity index (χ1n) is 11.1. The third-order valence-electron chi connectivity index (χ3n) is 7.28. The summed E-state index contributed by atoms with van der Waals surface area (Å²) in [6.45, 7) is 7.38.